The highest BCUT2D eigenvalue weighted by Crippen LogP contribution is 2.10. The molecule has 0 aromatic heterocycles. The Bertz CT molecular complexity index is 151. The van der Waals surface area contributed by atoms with Crippen LogP contribution in [0.2, 0.25) is 0 Å². The van der Waals surface area contributed by atoms with E-state index in [1.54, 1.807) is 7.11 Å². The first-order valence-corrected chi connectivity index (χ1v) is 7.16. The molecule has 0 bridgehead atoms. The molecule has 15 heavy (non-hydrogen) atoms. The molecule has 0 heterocycles. The van der Waals surface area contributed by atoms with Crippen molar-refractivity contribution in [3.8, 4) is 0 Å². The van der Waals surface area contributed by atoms with Crippen molar-refractivity contribution in [3.05, 3.63) is 0 Å². The molecule has 0 saturated heterocycles. The van der Waals surface area contributed by atoms with Crippen LogP contribution in [0.5, 0.6) is 0 Å². The van der Waals surface area contributed by atoms with E-state index in [0.29, 0.717) is 5.90 Å². The summed E-state index contributed by atoms with van der Waals surface area (Å²) in [5.41, 5.74) is 0. The standard InChI is InChI=1S/C12H25NOS/c1-3-4-5-6-7-8-10-15-11-9-12(13)14-2/h13H,3-11H2,1-2H3. The monoisotopic (exact) mass is 231 g/mol. The van der Waals surface area contributed by atoms with Gasteiger partial charge in [0.05, 0.1) is 7.11 Å². The SMILES string of the molecule is CCCCCCCCSCCC(=N)OC. The molecular weight excluding hydrogens is 206 g/mol. The number of thioether (sulfide) groups is 1. The zero-order valence-corrected chi connectivity index (χ0v) is 11.0. The van der Waals surface area contributed by atoms with Crippen molar-refractivity contribution >= 4 is 17.7 Å². The van der Waals surface area contributed by atoms with E-state index in [9.17, 15) is 0 Å². The second-order valence-corrected chi connectivity index (χ2v) is 4.98. The van der Waals surface area contributed by atoms with Gasteiger partial charge in [-0.15, -0.1) is 0 Å². The lowest BCUT2D eigenvalue weighted by Gasteiger charge is -2.02. The third-order valence-electron chi connectivity index (χ3n) is 2.36. The predicted octanol–water partition coefficient (Wildman–Crippen LogP) is 4.09. The molecule has 0 aromatic rings. The first kappa shape index (κ1) is 14.8. The van der Waals surface area contributed by atoms with E-state index >= 15 is 0 Å². The maximum Gasteiger partial charge on any atom is 0.180 e. The molecule has 0 radical (unpaired) electrons. The number of hydrogen-bond acceptors (Lipinski definition) is 3. The lowest BCUT2D eigenvalue weighted by molar-refractivity contribution is 0.389. The minimum atomic E-state index is 0.408. The smallest absolute Gasteiger partial charge is 0.180 e. The van der Waals surface area contributed by atoms with Gasteiger partial charge in [0, 0.05) is 12.2 Å². The number of nitrogens with one attached hydrogen (secondary N) is 1. The van der Waals surface area contributed by atoms with E-state index in [1.165, 1.54) is 44.3 Å². The zero-order chi connectivity index (χ0) is 11.4. The second kappa shape index (κ2) is 11.9. The number of unbranched alkanes of at least 4 members (excludes halogenated alkanes) is 5. The molecule has 0 aromatic carbocycles. The van der Waals surface area contributed by atoms with Gasteiger partial charge in [-0.25, -0.2) is 0 Å². The van der Waals surface area contributed by atoms with Crippen LogP contribution in [0, 0.1) is 5.41 Å². The fraction of sp³-hybridized carbons (Fsp3) is 0.917. The van der Waals surface area contributed by atoms with Gasteiger partial charge in [-0.1, -0.05) is 39.0 Å². The van der Waals surface area contributed by atoms with Gasteiger partial charge in [0.1, 0.15) is 0 Å². The highest BCUT2D eigenvalue weighted by molar-refractivity contribution is 7.99. The molecule has 0 saturated carbocycles. The van der Waals surface area contributed by atoms with E-state index in [4.69, 9.17) is 10.1 Å². The summed E-state index contributed by atoms with van der Waals surface area (Å²) in [5, 5.41) is 7.29. The lowest BCUT2D eigenvalue weighted by atomic mass is 10.1. The molecule has 0 aliphatic heterocycles. The van der Waals surface area contributed by atoms with E-state index in [-0.39, 0.29) is 0 Å². The summed E-state index contributed by atoms with van der Waals surface area (Å²) in [6, 6.07) is 0. The maximum atomic E-state index is 7.29. The summed E-state index contributed by atoms with van der Waals surface area (Å²) < 4.78 is 4.79. The van der Waals surface area contributed by atoms with Crippen molar-refractivity contribution in [1.29, 1.82) is 5.41 Å². The van der Waals surface area contributed by atoms with Crippen LogP contribution < -0.4 is 0 Å². The Labute approximate surface area is 98.7 Å². The van der Waals surface area contributed by atoms with Gasteiger partial charge in [-0.3, -0.25) is 5.41 Å². The second-order valence-electron chi connectivity index (χ2n) is 3.76. The average molecular weight is 231 g/mol. The van der Waals surface area contributed by atoms with E-state index < -0.39 is 0 Å². The van der Waals surface area contributed by atoms with Crippen molar-refractivity contribution < 1.29 is 4.74 Å². The van der Waals surface area contributed by atoms with Gasteiger partial charge in [0.25, 0.3) is 0 Å². The highest BCUT2D eigenvalue weighted by atomic mass is 32.2. The molecule has 1 N–H and O–H groups in total. The van der Waals surface area contributed by atoms with E-state index in [1.807, 2.05) is 11.8 Å². The topological polar surface area (TPSA) is 33.1 Å². The van der Waals surface area contributed by atoms with Crippen molar-refractivity contribution in [2.24, 2.45) is 0 Å². The molecule has 0 amide bonds. The normalized spacial score (nSPS) is 10.3. The van der Waals surface area contributed by atoms with Gasteiger partial charge in [-0.2, -0.15) is 11.8 Å². The highest BCUT2D eigenvalue weighted by Gasteiger charge is 1.95. The number of ether oxygens (including phenoxy) is 1. The molecule has 0 atom stereocenters. The Balaban J connectivity index is 2.95. The van der Waals surface area contributed by atoms with Crippen LogP contribution in [0.1, 0.15) is 51.9 Å². The van der Waals surface area contributed by atoms with Crippen LogP contribution >= 0.6 is 11.8 Å². The number of methoxy groups -OCH3 is 1. The van der Waals surface area contributed by atoms with Crippen LogP contribution in [0.15, 0.2) is 0 Å². The number of rotatable bonds is 10. The van der Waals surface area contributed by atoms with Gasteiger partial charge in [0.2, 0.25) is 0 Å². The van der Waals surface area contributed by atoms with Gasteiger partial charge >= 0.3 is 0 Å². The number of hydrogen-bond donors (Lipinski definition) is 1. The van der Waals surface area contributed by atoms with E-state index in [2.05, 4.69) is 6.92 Å². The van der Waals surface area contributed by atoms with Crippen molar-refractivity contribution in [2.45, 2.75) is 51.9 Å². The summed E-state index contributed by atoms with van der Waals surface area (Å²) >= 11 is 1.94. The first-order valence-electron chi connectivity index (χ1n) is 6.00. The molecule has 3 heteroatoms. The maximum absolute atomic E-state index is 7.29. The summed E-state index contributed by atoms with van der Waals surface area (Å²) in [6.45, 7) is 2.25. The van der Waals surface area contributed by atoms with Crippen LogP contribution in [0.25, 0.3) is 0 Å². The molecule has 0 aliphatic rings. The molecule has 0 aliphatic carbocycles. The average Bonchev–Trinajstić information content (AvgIpc) is 2.26. The van der Waals surface area contributed by atoms with Crippen molar-refractivity contribution in [2.75, 3.05) is 18.6 Å². The minimum Gasteiger partial charge on any atom is -0.484 e. The summed E-state index contributed by atoms with van der Waals surface area (Å²) in [6.07, 6.45) is 8.98. The third kappa shape index (κ3) is 11.7. The Morgan fingerprint density at radius 1 is 1.07 bits per heavy atom. The van der Waals surface area contributed by atoms with E-state index in [0.717, 1.165) is 12.2 Å². The van der Waals surface area contributed by atoms with Gasteiger partial charge < -0.3 is 4.74 Å². The Hall–Kier alpha value is -0.180. The van der Waals surface area contributed by atoms with Crippen LogP contribution in [0.3, 0.4) is 0 Å². The summed E-state index contributed by atoms with van der Waals surface area (Å²) in [5.74, 6) is 2.68. The lowest BCUT2D eigenvalue weighted by Crippen LogP contribution is -2.00. The third-order valence-corrected chi connectivity index (χ3v) is 3.43. The Kier molecular flexibility index (Phi) is 11.7. The fourth-order valence-corrected chi connectivity index (χ4v) is 2.30. The molecule has 0 spiro atoms. The Morgan fingerprint density at radius 3 is 2.40 bits per heavy atom. The molecular formula is C12H25NOS. The summed E-state index contributed by atoms with van der Waals surface area (Å²) in [4.78, 5) is 0. The fourth-order valence-electron chi connectivity index (χ4n) is 1.35. The summed E-state index contributed by atoms with van der Waals surface area (Å²) in [7, 11) is 1.57. The first-order chi connectivity index (χ1) is 7.31. The molecule has 2 nitrogen and oxygen atoms in total. The quantitative estimate of drug-likeness (QED) is 0.349. The van der Waals surface area contributed by atoms with Crippen LogP contribution in [0.4, 0.5) is 0 Å². The van der Waals surface area contributed by atoms with Crippen LogP contribution in [-0.4, -0.2) is 24.5 Å². The molecule has 0 rings (SSSR count). The van der Waals surface area contributed by atoms with Crippen LogP contribution in [-0.2, 0) is 4.74 Å². The zero-order valence-electron chi connectivity index (χ0n) is 10.2. The molecule has 0 unspecified atom stereocenters. The largest absolute Gasteiger partial charge is 0.484 e. The minimum absolute atomic E-state index is 0.408. The molecule has 0 fully saturated rings. The Morgan fingerprint density at radius 2 is 1.73 bits per heavy atom. The van der Waals surface area contributed by atoms with Gasteiger partial charge in [0.15, 0.2) is 5.90 Å². The van der Waals surface area contributed by atoms with Crippen molar-refractivity contribution in [3.63, 3.8) is 0 Å². The molecule has 90 valence electrons. The van der Waals surface area contributed by atoms with Crippen molar-refractivity contribution in [1.82, 2.24) is 0 Å². The van der Waals surface area contributed by atoms with Gasteiger partial charge in [-0.05, 0) is 12.2 Å². The predicted molar refractivity (Wildman–Crippen MR) is 70.1 cm³/mol.